The van der Waals surface area contributed by atoms with Crippen LogP contribution < -0.4 is 5.32 Å². The molecule has 1 aromatic carbocycles. The predicted octanol–water partition coefficient (Wildman–Crippen LogP) is 2.32. The van der Waals surface area contributed by atoms with Gasteiger partial charge in [0.2, 0.25) is 0 Å². The zero-order chi connectivity index (χ0) is 14.9. The maximum Gasteiger partial charge on any atom is 0.256 e. The van der Waals surface area contributed by atoms with Crippen LogP contribution in [0.1, 0.15) is 30.1 Å². The SMILES string of the molecule is CNC1(C)CCN(C(=O)c2ccc(F)c(F)c2F)CC1. The minimum absolute atomic E-state index is 0.0522. The summed E-state index contributed by atoms with van der Waals surface area (Å²) in [7, 11) is 1.85. The lowest BCUT2D eigenvalue weighted by atomic mass is 9.89. The Morgan fingerprint density at radius 2 is 1.80 bits per heavy atom. The third-order valence-electron chi connectivity index (χ3n) is 4.02. The van der Waals surface area contributed by atoms with E-state index in [4.69, 9.17) is 0 Å². The topological polar surface area (TPSA) is 32.3 Å². The molecule has 1 fully saturated rings. The molecule has 0 unspecified atom stereocenters. The highest BCUT2D eigenvalue weighted by Crippen LogP contribution is 2.24. The summed E-state index contributed by atoms with van der Waals surface area (Å²) in [5.41, 5.74) is -0.472. The Labute approximate surface area is 115 Å². The number of rotatable bonds is 2. The van der Waals surface area contributed by atoms with Crippen molar-refractivity contribution in [3.63, 3.8) is 0 Å². The highest BCUT2D eigenvalue weighted by Gasteiger charge is 2.32. The molecule has 0 aromatic heterocycles. The van der Waals surface area contributed by atoms with E-state index < -0.39 is 28.9 Å². The first-order valence-electron chi connectivity index (χ1n) is 6.49. The van der Waals surface area contributed by atoms with Crippen LogP contribution in [0.2, 0.25) is 0 Å². The highest BCUT2D eigenvalue weighted by atomic mass is 19.2. The van der Waals surface area contributed by atoms with Crippen LogP contribution in [-0.2, 0) is 0 Å². The number of nitrogens with one attached hydrogen (secondary N) is 1. The summed E-state index contributed by atoms with van der Waals surface area (Å²) in [4.78, 5) is 13.6. The summed E-state index contributed by atoms with van der Waals surface area (Å²) in [5, 5.41) is 3.19. The molecule has 0 spiro atoms. The largest absolute Gasteiger partial charge is 0.338 e. The lowest BCUT2D eigenvalue weighted by molar-refractivity contribution is 0.0656. The van der Waals surface area contributed by atoms with Crippen LogP contribution in [0.3, 0.4) is 0 Å². The van der Waals surface area contributed by atoms with E-state index in [1.165, 1.54) is 4.90 Å². The predicted molar refractivity (Wildman–Crippen MR) is 68.9 cm³/mol. The van der Waals surface area contributed by atoms with Gasteiger partial charge in [-0.05, 0) is 38.9 Å². The molecule has 0 saturated carbocycles. The van der Waals surface area contributed by atoms with Gasteiger partial charge in [0.15, 0.2) is 17.5 Å². The van der Waals surface area contributed by atoms with E-state index in [2.05, 4.69) is 5.32 Å². The zero-order valence-electron chi connectivity index (χ0n) is 11.5. The molecule has 1 N–H and O–H groups in total. The number of hydrogen-bond donors (Lipinski definition) is 1. The Balaban J connectivity index is 2.16. The van der Waals surface area contributed by atoms with Gasteiger partial charge in [-0.15, -0.1) is 0 Å². The minimum Gasteiger partial charge on any atom is -0.338 e. The van der Waals surface area contributed by atoms with E-state index in [-0.39, 0.29) is 5.54 Å². The van der Waals surface area contributed by atoms with Gasteiger partial charge < -0.3 is 10.2 Å². The minimum atomic E-state index is -1.60. The van der Waals surface area contributed by atoms with E-state index in [0.29, 0.717) is 13.1 Å². The quantitative estimate of drug-likeness (QED) is 0.846. The third-order valence-corrected chi connectivity index (χ3v) is 4.02. The van der Waals surface area contributed by atoms with E-state index in [9.17, 15) is 18.0 Å². The first-order valence-corrected chi connectivity index (χ1v) is 6.49. The van der Waals surface area contributed by atoms with Gasteiger partial charge in [-0.1, -0.05) is 0 Å². The zero-order valence-corrected chi connectivity index (χ0v) is 11.5. The van der Waals surface area contributed by atoms with E-state index >= 15 is 0 Å². The van der Waals surface area contributed by atoms with Gasteiger partial charge in [0.1, 0.15) is 0 Å². The van der Waals surface area contributed by atoms with Crippen molar-refractivity contribution in [3.05, 3.63) is 35.1 Å². The van der Waals surface area contributed by atoms with Crippen LogP contribution in [-0.4, -0.2) is 36.5 Å². The Morgan fingerprint density at radius 1 is 1.20 bits per heavy atom. The van der Waals surface area contributed by atoms with Crippen LogP contribution in [0, 0.1) is 17.5 Å². The second-order valence-electron chi connectivity index (χ2n) is 5.33. The molecule has 1 amide bonds. The second-order valence-corrected chi connectivity index (χ2v) is 5.33. The number of hydrogen-bond acceptors (Lipinski definition) is 2. The van der Waals surface area contributed by atoms with E-state index in [1.807, 2.05) is 14.0 Å². The molecule has 1 aliphatic rings. The number of amides is 1. The van der Waals surface area contributed by atoms with Gasteiger partial charge >= 0.3 is 0 Å². The summed E-state index contributed by atoms with van der Waals surface area (Å²) < 4.78 is 39.6. The van der Waals surface area contributed by atoms with Gasteiger partial charge in [-0.25, -0.2) is 13.2 Å². The fraction of sp³-hybridized carbons (Fsp3) is 0.500. The molecule has 3 nitrogen and oxygen atoms in total. The monoisotopic (exact) mass is 286 g/mol. The molecule has 0 radical (unpaired) electrons. The molecule has 6 heteroatoms. The fourth-order valence-electron chi connectivity index (χ4n) is 2.31. The van der Waals surface area contributed by atoms with Crippen LogP contribution in [0.5, 0.6) is 0 Å². The Morgan fingerprint density at radius 3 is 2.35 bits per heavy atom. The van der Waals surface area contributed by atoms with Gasteiger partial charge in [0.25, 0.3) is 5.91 Å². The fourth-order valence-corrected chi connectivity index (χ4v) is 2.31. The number of nitrogens with zero attached hydrogens (tertiary/aromatic N) is 1. The smallest absolute Gasteiger partial charge is 0.256 e. The lowest BCUT2D eigenvalue weighted by Crippen LogP contribution is -2.51. The van der Waals surface area contributed by atoms with Crippen LogP contribution in [0.25, 0.3) is 0 Å². The number of halogens is 3. The molecule has 2 rings (SSSR count). The molecule has 1 aliphatic heterocycles. The third kappa shape index (κ3) is 2.65. The summed E-state index contributed by atoms with van der Waals surface area (Å²) in [6, 6.07) is 1.76. The summed E-state index contributed by atoms with van der Waals surface area (Å²) in [5.74, 6) is -4.91. The number of benzene rings is 1. The van der Waals surface area contributed by atoms with Gasteiger partial charge in [0.05, 0.1) is 5.56 Å². The van der Waals surface area contributed by atoms with Gasteiger partial charge in [-0.2, -0.15) is 0 Å². The summed E-state index contributed by atoms with van der Waals surface area (Å²) in [6.07, 6.45) is 1.45. The second kappa shape index (κ2) is 5.44. The first-order chi connectivity index (χ1) is 9.38. The standard InChI is InChI=1S/C14H17F3N2O/c1-14(18-2)5-7-19(8-6-14)13(20)9-3-4-10(15)12(17)11(9)16/h3-4,18H,5-8H2,1-2H3. The number of likely N-dealkylation sites (tertiary alicyclic amines) is 1. The number of carbonyl (C=O) groups is 1. The van der Waals surface area contributed by atoms with Crippen molar-refractivity contribution in [2.75, 3.05) is 20.1 Å². The molecule has 0 bridgehead atoms. The molecule has 110 valence electrons. The normalized spacial score (nSPS) is 18.1. The van der Waals surface area contributed by atoms with Crippen molar-refractivity contribution < 1.29 is 18.0 Å². The molecular weight excluding hydrogens is 269 g/mol. The number of piperidine rings is 1. The number of carbonyl (C=O) groups excluding carboxylic acids is 1. The maximum absolute atomic E-state index is 13.6. The molecule has 1 heterocycles. The van der Waals surface area contributed by atoms with Crippen LogP contribution in [0.4, 0.5) is 13.2 Å². The van der Waals surface area contributed by atoms with E-state index in [1.54, 1.807) is 0 Å². The molecule has 0 aliphatic carbocycles. The average molecular weight is 286 g/mol. The van der Waals surface area contributed by atoms with Crippen LogP contribution in [0.15, 0.2) is 12.1 Å². The maximum atomic E-state index is 13.6. The van der Waals surface area contributed by atoms with Crippen molar-refractivity contribution in [2.45, 2.75) is 25.3 Å². The Hall–Kier alpha value is -1.56. The van der Waals surface area contributed by atoms with Crippen molar-refractivity contribution >= 4 is 5.91 Å². The van der Waals surface area contributed by atoms with Crippen molar-refractivity contribution in [1.29, 1.82) is 0 Å². The Bertz CT molecular complexity index is 525. The van der Waals surface area contributed by atoms with Crippen LogP contribution >= 0.6 is 0 Å². The lowest BCUT2D eigenvalue weighted by Gasteiger charge is -2.39. The van der Waals surface area contributed by atoms with Crippen molar-refractivity contribution in [1.82, 2.24) is 10.2 Å². The highest BCUT2D eigenvalue weighted by molar-refractivity contribution is 5.94. The van der Waals surface area contributed by atoms with Crippen molar-refractivity contribution in [3.8, 4) is 0 Å². The average Bonchev–Trinajstić information content (AvgIpc) is 2.45. The summed E-state index contributed by atoms with van der Waals surface area (Å²) >= 11 is 0. The molecule has 1 aromatic rings. The molecule has 20 heavy (non-hydrogen) atoms. The summed E-state index contributed by atoms with van der Waals surface area (Å²) in [6.45, 7) is 2.95. The Kier molecular flexibility index (Phi) is 4.04. The van der Waals surface area contributed by atoms with Gasteiger partial charge in [0, 0.05) is 18.6 Å². The van der Waals surface area contributed by atoms with Gasteiger partial charge in [-0.3, -0.25) is 4.79 Å². The van der Waals surface area contributed by atoms with E-state index in [0.717, 1.165) is 25.0 Å². The van der Waals surface area contributed by atoms with Crippen molar-refractivity contribution in [2.24, 2.45) is 0 Å². The first kappa shape index (κ1) is 14.8. The molecular formula is C14H17F3N2O. The molecule has 1 saturated heterocycles. The molecule has 0 atom stereocenters.